The zero-order valence-corrected chi connectivity index (χ0v) is 10.7. The van der Waals surface area contributed by atoms with Crippen molar-refractivity contribution in [2.75, 3.05) is 7.11 Å². The second-order valence-electron chi connectivity index (χ2n) is 3.59. The molecule has 2 aromatic rings. The van der Waals surface area contributed by atoms with Crippen LogP contribution < -0.4 is 4.74 Å². The van der Waals surface area contributed by atoms with E-state index in [-0.39, 0.29) is 10.6 Å². The summed E-state index contributed by atoms with van der Waals surface area (Å²) in [5, 5.41) is 8.74. The standard InChI is InChI=1S/C11H7F3N2O3S/c1-19-6-3-2-5(4-15-6)9-16-8(11(12,13)14)7(20-9)10(17)18/h2-4H,1H3,(H,17,18). The minimum atomic E-state index is -4.82. The lowest BCUT2D eigenvalue weighted by molar-refractivity contribution is -0.141. The fourth-order valence-corrected chi connectivity index (χ4v) is 2.32. The van der Waals surface area contributed by atoms with Crippen molar-refractivity contribution in [3.05, 3.63) is 28.9 Å². The molecule has 0 saturated heterocycles. The van der Waals surface area contributed by atoms with Gasteiger partial charge in [-0.1, -0.05) is 0 Å². The highest BCUT2D eigenvalue weighted by Gasteiger charge is 2.39. The molecule has 0 bridgehead atoms. The van der Waals surface area contributed by atoms with E-state index in [9.17, 15) is 18.0 Å². The number of hydrogen-bond donors (Lipinski definition) is 1. The lowest BCUT2D eigenvalue weighted by Gasteiger charge is -2.02. The van der Waals surface area contributed by atoms with Crippen molar-refractivity contribution in [2.24, 2.45) is 0 Å². The molecule has 2 heterocycles. The molecular formula is C11H7F3N2O3S. The van der Waals surface area contributed by atoms with Gasteiger partial charge in [-0.15, -0.1) is 11.3 Å². The first kappa shape index (κ1) is 14.3. The Labute approximate surface area is 114 Å². The van der Waals surface area contributed by atoms with Crippen molar-refractivity contribution in [2.45, 2.75) is 6.18 Å². The van der Waals surface area contributed by atoms with Gasteiger partial charge in [0.25, 0.3) is 0 Å². The first-order valence-corrected chi connectivity index (χ1v) is 5.96. The number of halogens is 3. The quantitative estimate of drug-likeness (QED) is 0.944. The Morgan fingerprint density at radius 2 is 2.10 bits per heavy atom. The van der Waals surface area contributed by atoms with Gasteiger partial charge in [-0.3, -0.25) is 0 Å². The van der Waals surface area contributed by atoms with Crippen LogP contribution in [-0.4, -0.2) is 28.2 Å². The molecule has 0 aliphatic rings. The number of carbonyl (C=O) groups is 1. The summed E-state index contributed by atoms with van der Waals surface area (Å²) in [5.74, 6) is -1.37. The number of methoxy groups -OCH3 is 1. The van der Waals surface area contributed by atoms with E-state index < -0.39 is 22.7 Å². The Kier molecular flexibility index (Phi) is 3.62. The number of pyridine rings is 1. The highest BCUT2D eigenvalue weighted by molar-refractivity contribution is 7.17. The van der Waals surface area contributed by atoms with Gasteiger partial charge in [-0.25, -0.2) is 14.8 Å². The van der Waals surface area contributed by atoms with E-state index in [1.54, 1.807) is 0 Å². The van der Waals surface area contributed by atoms with Gasteiger partial charge in [0.1, 0.15) is 9.88 Å². The van der Waals surface area contributed by atoms with E-state index in [1.165, 1.54) is 25.4 Å². The maximum Gasteiger partial charge on any atom is 0.435 e. The van der Waals surface area contributed by atoms with Crippen LogP contribution in [0.2, 0.25) is 0 Å². The molecule has 20 heavy (non-hydrogen) atoms. The Balaban J connectivity index is 2.50. The third-order valence-electron chi connectivity index (χ3n) is 2.28. The molecular weight excluding hydrogens is 297 g/mol. The maximum absolute atomic E-state index is 12.7. The molecule has 106 valence electrons. The molecule has 2 rings (SSSR count). The summed E-state index contributed by atoms with van der Waals surface area (Å²) in [4.78, 5) is 17.2. The fraction of sp³-hybridized carbons (Fsp3) is 0.182. The molecule has 0 aliphatic heterocycles. The van der Waals surface area contributed by atoms with Gasteiger partial charge >= 0.3 is 12.1 Å². The smallest absolute Gasteiger partial charge is 0.435 e. The fourth-order valence-electron chi connectivity index (χ4n) is 1.41. The minimum absolute atomic E-state index is 0.0649. The third kappa shape index (κ3) is 2.72. The van der Waals surface area contributed by atoms with Crippen molar-refractivity contribution in [3.8, 4) is 16.5 Å². The molecule has 1 N–H and O–H groups in total. The molecule has 2 aromatic heterocycles. The number of thiazole rings is 1. The lowest BCUT2D eigenvalue weighted by atomic mass is 10.3. The number of ether oxygens (including phenoxy) is 1. The SMILES string of the molecule is COc1ccc(-c2nc(C(F)(F)F)c(C(=O)O)s2)cn1. The van der Waals surface area contributed by atoms with E-state index in [0.717, 1.165) is 0 Å². The Morgan fingerprint density at radius 3 is 2.50 bits per heavy atom. The summed E-state index contributed by atoms with van der Waals surface area (Å²) < 4.78 is 42.9. The van der Waals surface area contributed by atoms with E-state index in [2.05, 4.69) is 9.97 Å². The second-order valence-corrected chi connectivity index (χ2v) is 4.59. The van der Waals surface area contributed by atoms with E-state index in [1.807, 2.05) is 0 Å². The monoisotopic (exact) mass is 304 g/mol. The van der Waals surface area contributed by atoms with Crippen LogP contribution in [0.25, 0.3) is 10.6 Å². The van der Waals surface area contributed by atoms with Crippen LogP contribution >= 0.6 is 11.3 Å². The van der Waals surface area contributed by atoms with Crippen LogP contribution in [0, 0.1) is 0 Å². The molecule has 0 amide bonds. The number of rotatable bonds is 3. The predicted molar refractivity (Wildman–Crippen MR) is 63.9 cm³/mol. The number of aromatic nitrogens is 2. The predicted octanol–water partition coefficient (Wildman–Crippen LogP) is 2.93. The first-order chi connectivity index (χ1) is 9.32. The first-order valence-electron chi connectivity index (χ1n) is 5.14. The van der Waals surface area contributed by atoms with Gasteiger partial charge in [-0.2, -0.15) is 13.2 Å². The number of carboxylic acid groups (broad SMARTS) is 1. The number of aromatic carboxylic acids is 1. The van der Waals surface area contributed by atoms with Crippen molar-refractivity contribution in [3.63, 3.8) is 0 Å². The van der Waals surface area contributed by atoms with Gasteiger partial charge < -0.3 is 9.84 Å². The second kappa shape index (κ2) is 5.08. The summed E-state index contributed by atoms with van der Waals surface area (Å²) in [6.45, 7) is 0. The summed E-state index contributed by atoms with van der Waals surface area (Å²) in [7, 11) is 1.40. The third-order valence-corrected chi connectivity index (χ3v) is 3.37. The molecule has 0 atom stereocenters. The average Bonchev–Trinajstić information content (AvgIpc) is 2.84. The Hall–Kier alpha value is -2.16. The largest absolute Gasteiger partial charge is 0.481 e. The Bertz CT molecular complexity index is 637. The zero-order chi connectivity index (χ0) is 14.9. The highest BCUT2D eigenvalue weighted by atomic mass is 32.1. The summed E-state index contributed by atoms with van der Waals surface area (Å²) in [6.07, 6.45) is -3.55. The van der Waals surface area contributed by atoms with Gasteiger partial charge in [0.15, 0.2) is 5.69 Å². The number of nitrogens with zero attached hydrogens (tertiary/aromatic N) is 2. The van der Waals surface area contributed by atoms with Crippen molar-refractivity contribution >= 4 is 17.3 Å². The molecule has 0 aliphatic carbocycles. The number of hydrogen-bond acceptors (Lipinski definition) is 5. The molecule has 9 heteroatoms. The van der Waals surface area contributed by atoms with E-state index in [4.69, 9.17) is 9.84 Å². The zero-order valence-electron chi connectivity index (χ0n) is 9.93. The van der Waals surface area contributed by atoms with Gasteiger partial charge in [0, 0.05) is 17.8 Å². The Morgan fingerprint density at radius 1 is 1.40 bits per heavy atom. The van der Waals surface area contributed by atoms with Crippen LogP contribution in [-0.2, 0) is 6.18 Å². The van der Waals surface area contributed by atoms with Gasteiger partial charge in [0.2, 0.25) is 5.88 Å². The van der Waals surface area contributed by atoms with Gasteiger partial charge in [-0.05, 0) is 6.07 Å². The molecule has 0 fully saturated rings. The minimum Gasteiger partial charge on any atom is -0.481 e. The topological polar surface area (TPSA) is 72.3 Å². The van der Waals surface area contributed by atoms with Crippen molar-refractivity contribution < 1.29 is 27.8 Å². The maximum atomic E-state index is 12.7. The summed E-state index contributed by atoms with van der Waals surface area (Å²) in [6, 6.07) is 2.90. The van der Waals surface area contributed by atoms with E-state index >= 15 is 0 Å². The molecule has 0 radical (unpaired) electrons. The van der Waals surface area contributed by atoms with Gasteiger partial charge in [0.05, 0.1) is 7.11 Å². The van der Waals surface area contributed by atoms with E-state index in [0.29, 0.717) is 17.2 Å². The summed E-state index contributed by atoms with van der Waals surface area (Å²) in [5.41, 5.74) is -1.12. The lowest BCUT2D eigenvalue weighted by Crippen LogP contribution is -2.11. The molecule has 0 spiro atoms. The van der Waals surface area contributed by atoms with Crippen LogP contribution in [0.5, 0.6) is 5.88 Å². The molecule has 0 aromatic carbocycles. The molecule has 5 nitrogen and oxygen atoms in total. The normalized spacial score (nSPS) is 11.4. The van der Waals surface area contributed by atoms with Crippen LogP contribution in [0.3, 0.4) is 0 Å². The van der Waals surface area contributed by atoms with Crippen molar-refractivity contribution in [1.29, 1.82) is 0 Å². The van der Waals surface area contributed by atoms with Crippen LogP contribution in [0.4, 0.5) is 13.2 Å². The number of carboxylic acids is 1. The average molecular weight is 304 g/mol. The van der Waals surface area contributed by atoms with Crippen molar-refractivity contribution in [1.82, 2.24) is 9.97 Å². The highest BCUT2D eigenvalue weighted by Crippen LogP contribution is 2.37. The summed E-state index contributed by atoms with van der Waals surface area (Å²) >= 11 is 0.450. The molecule has 0 unspecified atom stereocenters. The van der Waals surface area contributed by atoms with Crippen LogP contribution in [0.15, 0.2) is 18.3 Å². The molecule has 0 saturated carbocycles. The van der Waals surface area contributed by atoms with Crippen LogP contribution in [0.1, 0.15) is 15.4 Å². The number of alkyl halides is 3.